The zero-order valence-electron chi connectivity index (χ0n) is 7.59. The Morgan fingerprint density at radius 3 is 2.45 bits per heavy atom. The normalized spacial score (nSPS) is 23.0. The van der Waals surface area contributed by atoms with Crippen LogP contribution in [-0.2, 0) is 0 Å². The van der Waals surface area contributed by atoms with E-state index in [4.69, 9.17) is 0 Å². The smallest absolute Gasteiger partial charge is 0.0168 e. The van der Waals surface area contributed by atoms with Crippen LogP contribution in [0.25, 0.3) is 0 Å². The minimum atomic E-state index is 0.815. The molecule has 0 bridgehead atoms. The lowest BCUT2D eigenvalue weighted by atomic mass is 9.84. The van der Waals surface area contributed by atoms with Crippen molar-refractivity contribution in [2.24, 2.45) is 11.8 Å². The summed E-state index contributed by atoms with van der Waals surface area (Å²) < 4.78 is 0. The van der Waals surface area contributed by atoms with Gasteiger partial charge in [0.1, 0.15) is 0 Å². The molecule has 1 rings (SSSR count). The third kappa shape index (κ3) is 2.21. The van der Waals surface area contributed by atoms with Gasteiger partial charge in [-0.1, -0.05) is 51.0 Å². The highest BCUT2D eigenvalue weighted by molar-refractivity contribution is 5.11. The number of hydrogen-bond acceptors (Lipinski definition) is 0. The van der Waals surface area contributed by atoms with Crippen molar-refractivity contribution in [3.8, 4) is 0 Å². The Hall–Kier alpha value is -0.520. The molecule has 0 aromatic carbocycles. The topological polar surface area (TPSA) is 0 Å². The molecule has 0 heterocycles. The molecule has 0 radical (unpaired) electrons. The van der Waals surface area contributed by atoms with E-state index in [-0.39, 0.29) is 0 Å². The molecular weight excluding hydrogens is 132 g/mol. The van der Waals surface area contributed by atoms with Gasteiger partial charge in [0.15, 0.2) is 0 Å². The van der Waals surface area contributed by atoms with Crippen LogP contribution in [0.3, 0.4) is 0 Å². The summed E-state index contributed by atoms with van der Waals surface area (Å²) in [5.74, 6) is 1.71. The Bertz CT molecular complexity index is 149. The lowest BCUT2D eigenvalue weighted by Gasteiger charge is -2.22. The molecule has 0 saturated carbocycles. The van der Waals surface area contributed by atoms with Gasteiger partial charge in [0.2, 0.25) is 0 Å². The van der Waals surface area contributed by atoms with Gasteiger partial charge in [-0.3, -0.25) is 0 Å². The minimum Gasteiger partial charge on any atom is -0.0840 e. The van der Waals surface area contributed by atoms with Crippen molar-refractivity contribution in [1.82, 2.24) is 0 Å². The summed E-state index contributed by atoms with van der Waals surface area (Å²) in [6.07, 6.45) is 12.9. The SMILES string of the molecule is CCC(CC)C1C=CC=CC1. The Kier molecular flexibility index (Phi) is 3.41. The standard InChI is InChI=1S/C11H18/c1-3-10(4-2)11-8-6-5-7-9-11/h5-8,10-11H,3-4,9H2,1-2H3. The van der Waals surface area contributed by atoms with Crippen molar-refractivity contribution < 1.29 is 0 Å². The van der Waals surface area contributed by atoms with Crippen molar-refractivity contribution in [2.75, 3.05) is 0 Å². The average Bonchev–Trinajstić information content (AvgIpc) is 2.09. The van der Waals surface area contributed by atoms with Crippen LogP contribution in [0, 0.1) is 11.8 Å². The van der Waals surface area contributed by atoms with Gasteiger partial charge in [-0.25, -0.2) is 0 Å². The summed E-state index contributed by atoms with van der Waals surface area (Å²) >= 11 is 0. The molecule has 1 aliphatic rings. The van der Waals surface area contributed by atoms with Crippen LogP contribution in [0.1, 0.15) is 33.1 Å². The summed E-state index contributed by atoms with van der Waals surface area (Å²) in [7, 11) is 0. The molecule has 0 heteroatoms. The fraction of sp³-hybridized carbons (Fsp3) is 0.636. The van der Waals surface area contributed by atoms with E-state index in [1.807, 2.05) is 0 Å². The maximum Gasteiger partial charge on any atom is -0.0168 e. The van der Waals surface area contributed by atoms with Crippen LogP contribution in [0.4, 0.5) is 0 Å². The lowest BCUT2D eigenvalue weighted by molar-refractivity contribution is 0.371. The van der Waals surface area contributed by atoms with E-state index in [1.54, 1.807) is 0 Å². The van der Waals surface area contributed by atoms with E-state index in [2.05, 4.69) is 38.2 Å². The molecule has 0 aromatic rings. The van der Waals surface area contributed by atoms with E-state index in [0.29, 0.717) is 0 Å². The van der Waals surface area contributed by atoms with Crippen LogP contribution in [-0.4, -0.2) is 0 Å². The molecule has 11 heavy (non-hydrogen) atoms. The highest BCUT2D eigenvalue weighted by atomic mass is 14.2. The fourth-order valence-electron chi connectivity index (χ4n) is 1.84. The van der Waals surface area contributed by atoms with Crippen molar-refractivity contribution in [3.05, 3.63) is 24.3 Å². The van der Waals surface area contributed by atoms with Crippen LogP contribution in [0.5, 0.6) is 0 Å². The molecule has 0 saturated heterocycles. The second kappa shape index (κ2) is 4.38. The largest absolute Gasteiger partial charge is 0.0840 e. The molecule has 62 valence electrons. The third-order valence-corrected chi connectivity index (χ3v) is 2.67. The first-order valence-electron chi connectivity index (χ1n) is 4.71. The maximum absolute atomic E-state index is 2.36. The Balaban J connectivity index is 2.45. The molecule has 0 spiro atoms. The molecule has 0 fully saturated rings. The van der Waals surface area contributed by atoms with Crippen molar-refractivity contribution in [2.45, 2.75) is 33.1 Å². The van der Waals surface area contributed by atoms with Gasteiger partial charge >= 0.3 is 0 Å². The first kappa shape index (κ1) is 8.58. The lowest BCUT2D eigenvalue weighted by Crippen LogP contribution is -2.11. The molecule has 0 N–H and O–H groups in total. The van der Waals surface area contributed by atoms with Crippen molar-refractivity contribution >= 4 is 0 Å². The average molecular weight is 150 g/mol. The highest BCUT2D eigenvalue weighted by Gasteiger charge is 2.14. The van der Waals surface area contributed by atoms with Crippen molar-refractivity contribution in [1.29, 1.82) is 0 Å². The van der Waals surface area contributed by atoms with Gasteiger partial charge in [0.25, 0.3) is 0 Å². The monoisotopic (exact) mass is 150 g/mol. The number of allylic oxidation sites excluding steroid dienone is 4. The summed E-state index contributed by atoms with van der Waals surface area (Å²) in [5.41, 5.74) is 0. The van der Waals surface area contributed by atoms with Crippen LogP contribution in [0.2, 0.25) is 0 Å². The van der Waals surface area contributed by atoms with Gasteiger partial charge in [0, 0.05) is 0 Å². The first-order chi connectivity index (χ1) is 5.38. The maximum atomic E-state index is 2.36. The molecule has 0 amide bonds. The molecule has 0 aliphatic heterocycles. The molecule has 0 nitrogen and oxygen atoms in total. The third-order valence-electron chi connectivity index (χ3n) is 2.67. The molecule has 0 aromatic heterocycles. The molecular formula is C11H18. The molecule has 1 aliphatic carbocycles. The van der Waals surface area contributed by atoms with E-state index < -0.39 is 0 Å². The van der Waals surface area contributed by atoms with Gasteiger partial charge in [-0.05, 0) is 18.3 Å². The van der Waals surface area contributed by atoms with Crippen LogP contribution >= 0.6 is 0 Å². The second-order valence-corrected chi connectivity index (χ2v) is 3.29. The van der Waals surface area contributed by atoms with E-state index in [9.17, 15) is 0 Å². The summed E-state index contributed by atoms with van der Waals surface area (Å²) in [5, 5.41) is 0. The quantitative estimate of drug-likeness (QED) is 0.577. The molecule has 1 atom stereocenters. The summed E-state index contributed by atoms with van der Waals surface area (Å²) in [4.78, 5) is 0. The highest BCUT2D eigenvalue weighted by Crippen LogP contribution is 2.26. The van der Waals surface area contributed by atoms with E-state index in [1.165, 1.54) is 19.3 Å². The first-order valence-corrected chi connectivity index (χ1v) is 4.71. The fourth-order valence-corrected chi connectivity index (χ4v) is 1.84. The summed E-state index contributed by atoms with van der Waals surface area (Å²) in [6.45, 7) is 4.58. The zero-order chi connectivity index (χ0) is 8.10. The molecule has 1 unspecified atom stereocenters. The predicted octanol–water partition coefficient (Wildman–Crippen LogP) is 3.55. The Labute approximate surface area is 70.0 Å². The van der Waals surface area contributed by atoms with E-state index >= 15 is 0 Å². The van der Waals surface area contributed by atoms with Gasteiger partial charge in [-0.15, -0.1) is 0 Å². The Morgan fingerprint density at radius 1 is 1.27 bits per heavy atom. The predicted molar refractivity (Wildman–Crippen MR) is 50.5 cm³/mol. The van der Waals surface area contributed by atoms with Crippen LogP contribution < -0.4 is 0 Å². The van der Waals surface area contributed by atoms with Crippen LogP contribution in [0.15, 0.2) is 24.3 Å². The minimum absolute atomic E-state index is 0.815. The summed E-state index contributed by atoms with van der Waals surface area (Å²) in [6, 6.07) is 0. The van der Waals surface area contributed by atoms with E-state index in [0.717, 1.165) is 11.8 Å². The van der Waals surface area contributed by atoms with Gasteiger partial charge < -0.3 is 0 Å². The zero-order valence-corrected chi connectivity index (χ0v) is 7.59. The Morgan fingerprint density at radius 2 is 2.00 bits per heavy atom. The second-order valence-electron chi connectivity index (χ2n) is 3.29. The van der Waals surface area contributed by atoms with Crippen molar-refractivity contribution in [3.63, 3.8) is 0 Å². The van der Waals surface area contributed by atoms with Gasteiger partial charge in [-0.2, -0.15) is 0 Å². The number of rotatable bonds is 3. The van der Waals surface area contributed by atoms with Gasteiger partial charge in [0.05, 0.1) is 0 Å². The number of hydrogen-bond donors (Lipinski definition) is 0.